The number of carbonyl (C=O) groups is 1. The van der Waals surface area contributed by atoms with Gasteiger partial charge in [0, 0.05) is 44.0 Å². The van der Waals surface area contributed by atoms with Crippen LogP contribution in [0.3, 0.4) is 0 Å². The van der Waals surface area contributed by atoms with E-state index in [0.717, 1.165) is 53.2 Å². The van der Waals surface area contributed by atoms with Crippen LogP contribution in [0.2, 0.25) is 0 Å². The highest BCUT2D eigenvalue weighted by atomic mass is 32.1. The van der Waals surface area contributed by atoms with E-state index in [1.54, 1.807) is 16.2 Å². The number of anilines is 3. The van der Waals surface area contributed by atoms with Gasteiger partial charge < -0.3 is 15.5 Å². The number of nitrogens with one attached hydrogen (secondary N) is 3. The molecular weight excluding hydrogens is 424 g/mol. The molecule has 2 fully saturated rings. The molecule has 5 heterocycles. The zero-order valence-electron chi connectivity index (χ0n) is 18.8. The van der Waals surface area contributed by atoms with Crippen molar-refractivity contribution in [2.24, 2.45) is 0 Å². The summed E-state index contributed by atoms with van der Waals surface area (Å²) in [6, 6.07) is 5.15. The number of fused-ring (bicyclic) bond motifs is 3. The van der Waals surface area contributed by atoms with Gasteiger partial charge in [0.25, 0.3) is 0 Å². The largest absolute Gasteiger partial charge is 0.351 e. The molecule has 2 aliphatic rings. The molecule has 0 aliphatic carbocycles. The second-order valence-corrected chi connectivity index (χ2v) is 10.0. The average Bonchev–Trinajstić information content (AvgIpc) is 3.37. The monoisotopic (exact) mass is 454 g/mol. The minimum Gasteiger partial charge on any atom is -0.351 e. The van der Waals surface area contributed by atoms with Gasteiger partial charge >= 0.3 is 0 Å². The van der Waals surface area contributed by atoms with Crippen molar-refractivity contribution >= 4 is 45.0 Å². The Morgan fingerprint density at radius 3 is 2.75 bits per heavy atom. The van der Waals surface area contributed by atoms with Crippen LogP contribution in [0.5, 0.6) is 0 Å². The molecular formula is C22H30N8OS. The molecule has 0 spiro atoms. The van der Waals surface area contributed by atoms with E-state index < -0.39 is 0 Å². The number of hydrogen-bond donors (Lipinski definition) is 3. The highest BCUT2D eigenvalue weighted by Crippen LogP contribution is 2.35. The number of hydrogen-bond acceptors (Lipinski definition) is 8. The number of aromatic amines is 1. The van der Waals surface area contributed by atoms with Gasteiger partial charge in [-0.15, -0.1) is 11.3 Å². The van der Waals surface area contributed by atoms with Crippen molar-refractivity contribution in [3.63, 3.8) is 0 Å². The van der Waals surface area contributed by atoms with Gasteiger partial charge in [-0.2, -0.15) is 10.1 Å². The number of aromatic nitrogens is 4. The number of carbonyl (C=O) groups excluding carboxylic acids is 1. The summed E-state index contributed by atoms with van der Waals surface area (Å²) >= 11 is 1.61. The fraction of sp³-hybridized carbons (Fsp3) is 0.545. The summed E-state index contributed by atoms with van der Waals surface area (Å²) in [6.45, 7) is 2.49. The van der Waals surface area contributed by atoms with E-state index in [0.29, 0.717) is 30.6 Å². The molecule has 0 aromatic carbocycles. The zero-order valence-corrected chi connectivity index (χ0v) is 19.6. The van der Waals surface area contributed by atoms with Gasteiger partial charge in [0.2, 0.25) is 11.9 Å². The first-order valence-electron chi connectivity index (χ1n) is 11.2. The minimum absolute atomic E-state index is 0.184. The van der Waals surface area contributed by atoms with Crippen LogP contribution in [0.1, 0.15) is 37.8 Å². The lowest BCUT2D eigenvalue weighted by Crippen LogP contribution is -2.57. The highest BCUT2D eigenvalue weighted by molar-refractivity contribution is 7.16. The lowest BCUT2D eigenvalue weighted by Gasteiger charge is -2.48. The number of likely N-dealkylation sites (N-methyl/N-ethyl adjacent to an activating group) is 1. The van der Waals surface area contributed by atoms with Crippen molar-refractivity contribution in [2.45, 2.75) is 57.2 Å². The number of thiophene rings is 1. The Morgan fingerprint density at radius 2 is 2.06 bits per heavy atom. The molecule has 2 aliphatic heterocycles. The first kappa shape index (κ1) is 21.1. The van der Waals surface area contributed by atoms with E-state index in [1.807, 2.05) is 38.5 Å². The van der Waals surface area contributed by atoms with E-state index in [4.69, 9.17) is 9.97 Å². The third-order valence-corrected chi connectivity index (χ3v) is 7.36. The van der Waals surface area contributed by atoms with Crippen molar-refractivity contribution in [3.05, 3.63) is 23.2 Å². The van der Waals surface area contributed by atoms with Crippen LogP contribution in [0.15, 0.2) is 17.5 Å². The third kappa shape index (κ3) is 4.29. The molecule has 1 amide bonds. The van der Waals surface area contributed by atoms with Gasteiger partial charge in [-0.05, 0) is 44.1 Å². The summed E-state index contributed by atoms with van der Waals surface area (Å²) < 4.78 is 0. The fourth-order valence-corrected chi connectivity index (χ4v) is 5.72. The molecule has 3 atom stereocenters. The van der Waals surface area contributed by atoms with Crippen molar-refractivity contribution in [1.82, 2.24) is 30.0 Å². The van der Waals surface area contributed by atoms with Crippen LogP contribution in [-0.2, 0) is 4.79 Å². The molecule has 3 aromatic heterocycles. The molecule has 10 heteroatoms. The fourth-order valence-electron chi connectivity index (χ4n) is 4.95. The summed E-state index contributed by atoms with van der Waals surface area (Å²) in [5.74, 6) is 2.34. The Hall–Kier alpha value is -2.72. The van der Waals surface area contributed by atoms with Crippen LogP contribution in [0.4, 0.5) is 17.6 Å². The quantitative estimate of drug-likeness (QED) is 0.525. The van der Waals surface area contributed by atoms with Crippen LogP contribution >= 0.6 is 11.3 Å². The molecule has 32 heavy (non-hydrogen) atoms. The number of rotatable bonds is 6. The summed E-state index contributed by atoms with van der Waals surface area (Å²) in [5.41, 5.74) is 0.993. The van der Waals surface area contributed by atoms with E-state index in [1.165, 1.54) is 6.42 Å². The summed E-state index contributed by atoms with van der Waals surface area (Å²) in [7, 11) is 3.67. The summed E-state index contributed by atoms with van der Waals surface area (Å²) in [6.07, 6.45) is 5.54. The van der Waals surface area contributed by atoms with Gasteiger partial charge in [0.05, 0.1) is 11.9 Å². The standard InChI is InChI=1S/C22H30N8OS/c1-13-9-18(28-27-13)24-20-17-7-8-32-21(17)26-22(25-20)23-14-10-15-5-4-6-16(11-14)30(15)12-19(31)29(2)3/h7-9,14-16H,4-6,10-12H2,1-3H3,(H3,23,24,25,26,27,28)/t14?,15-,16+. The number of piperidine rings is 2. The summed E-state index contributed by atoms with van der Waals surface area (Å²) in [4.78, 5) is 27.0. The van der Waals surface area contributed by atoms with Crippen molar-refractivity contribution in [2.75, 3.05) is 31.3 Å². The maximum absolute atomic E-state index is 12.3. The molecule has 5 rings (SSSR count). The predicted molar refractivity (Wildman–Crippen MR) is 127 cm³/mol. The zero-order chi connectivity index (χ0) is 22.2. The van der Waals surface area contributed by atoms with E-state index >= 15 is 0 Å². The second kappa shape index (κ2) is 8.67. The lowest BCUT2D eigenvalue weighted by atomic mass is 9.81. The van der Waals surface area contributed by atoms with E-state index in [-0.39, 0.29) is 5.91 Å². The highest BCUT2D eigenvalue weighted by Gasteiger charge is 2.39. The van der Waals surface area contributed by atoms with E-state index in [9.17, 15) is 4.79 Å². The van der Waals surface area contributed by atoms with Crippen molar-refractivity contribution in [3.8, 4) is 0 Å². The van der Waals surface area contributed by atoms with E-state index in [2.05, 4.69) is 25.7 Å². The van der Waals surface area contributed by atoms with Gasteiger partial charge in [-0.25, -0.2) is 4.98 Å². The van der Waals surface area contributed by atoms with Crippen LogP contribution in [-0.4, -0.2) is 74.6 Å². The Balaban J connectivity index is 1.33. The first-order chi connectivity index (χ1) is 15.5. The SMILES string of the molecule is Cc1cc(Nc2nc(NC3C[C@H]4CCC[C@@H](C3)N4CC(=O)N(C)C)nc3sccc23)n[nH]1. The molecule has 0 radical (unpaired) electrons. The molecule has 3 N–H and O–H groups in total. The van der Waals surface area contributed by atoms with Crippen molar-refractivity contribution in [1.29, 1.82) is 0 Å². The molecule has 9 nitrogen and oxygen atoms in total. The first-order valence-corrected chi connectivity index (χ1v) is 12.1. The lowest BCUT2D eigenvalue weighted by molar-refractivity contribution is -0.132. The van der Waals surface area contributed by atoms with Gasteiger partial charge in [0.15, 0.2) is 5.82 Å². The van der Waals surface area contributed by atoms with Crippen molar-refractivity contribution < 1.29 is 4.79 Å². The molecule has 3 aromatic rings. The predicted octanol–water partition coefficient (Wildman–Crippen LogP) is 3.35. The minimum atomic E-state index is 0.184. The maximum Gasteiger partial charge on any atom is 0.236 e. The average molecular weight is 455 g/mol. The van der Waals surface area contributed by atoms with Crippen LogP contribution in [0.25, 0.3) is 10.2 Å². The van der Waals surface area contributed by atoms with Gasteiger partial charge in [-0.3, -0.25) is 14.8 Å². The number of aryl methyl sites for hydroxylation is 1. The smallest absolute Gasteiger partial charge is 0.236 e. The van der Waals surface area contributed by atoms with Gasteiger partial charge in [-0.1, -0.05) is 6.42 Å². The Bertz CT molecular complexity index is 1090. The van der Waals surface area contributed by atoms with Crippen LogP contribution in [0, 0.1) is 6.92 Å². The molecule has 2 bridgehead atoms. The van der Waals surface area contributed by atoms with Crippen LogP contribution < -0.4 is 10.6 Å². The molecule has 2 saturated heterocycles. The van der Waals surface area contributed by atoms with Gasteiger partial charge in [0.1, 0.15) is 10.6 Å². The Morgan fingerprint density at radius 1 is 1.28 bits per heavy atom. The number of amides is 1. The molecule has 1 unspecified atom stereocenters. The molecule has 170 valence electrons. The summed E-state index contributed by atoms with van der Waals surface area (Å²) in [5, 5.41) is 17.2. The normalized spacial score (nSPS) is 23.3. The Kier molecular flexibility index (Phi) is 5.73. The maximum atomic E-state index is 12.3. The number of nitrogens with zero attached hydrogens (tertiary/aromatic N) is 5. The third-order valence-electron chi connectivity index (χ3n) is 6.55. The molecule has 0 saturated carbocycles. The topological polar surface area (TPSA) is 102 Å². The second-order valence-electron chi connectivity index (χ2n) is 9.11. The Labute approximate surface area is 191 Å². The number of H-pyrrole nitrogens is 1.